The summed E-state index contributed by atoms with van der Waals surface area (Å²) in [6.07, 6.45) is 12.9. The Kier molecular flexibility index (Phi) is 13.3. The predicted octanol–water partition coefficient (Wildman–Crippen LogP) is 6.74. The molecule has 0 aromatic heterocycles. The Labute approximate surface area is 200 Å². The Hall–Kier alpha value is -2.37. The molecule has 2 N–H and O–H groups in total. The fourth-order valence-corrected chi connectivity index (χ4v) is 3.94. The quantitative estimate of drug-likeness (QED) is 0.205. The third kappa shape index (κ3) is 11.4. The van der Waals surface area contributed by atoms with Gasteiger partial charge in [0, 0.05) is 25.2 Å². The predicted molar refractivity (Wildman–Crippen MR) is 135 cm³/mol. The molecular formula is C28H42N2O3. The van der Waals surface area contributed by atoms with Crippen molar-refractivity contribution in [2.45, 2.75) is 84.2 Å². The Morgan fingerprint density at radius 2 is 1.45 bits per heavy atom. The summed E-state index contributed by atoms with van der Waals surface area (Å²) in [5, 5.41) is 14.6. The highest BCUT2D eigenvalue weighted by Gasteiger charge is 2.09. The lowest BCUT2D eigenvalue weighted by Gasteiger charge is -2.16. The lowest BCUT2D eigenvalue weighted by Crippen LogP contribution is -2.25. The van der Waals surface area contributed by atoms with Crippen molar-refractivity contribution in [3.8, 4) is 5.75 Å². The summed E-state index contributed by atoms with van der Waals surface area (Å²) in [6.45, 7) is 3.72. The number of rotatable bonds is 17. The van der Waals surface area contributed by atoms with Gasteiger partial charge in [-0.1, -0.05) is 89.0 Å². The summed E-state index contributed by atoms with van der Waals surface area (Å²) in [7, 11) is 1.63. The van der Waals surface area contributed by atoms with Gasteiger partial charge in [-0.25, -0.2) is 0 Å². The van der Waals surface area contributed by atoms with Crippen LogP contribution >= 0.6 is 0 Å². The van der Waals surface area contributed by atoms with Crippen LogP contribution in [-0.4, -0.2) is 29.8 Å². The molecule has 2 aromatic rings. The number of benzene rings is 2. The summed E-state index contributed by atoms with van der Waals surface area (Å²) < 4.78 is 5.16. The lowest BCUT2D eigenvalue weighted by molar-refractivity contribution is -0.108. The molecule has 5 nitrogen and oxygen atoms in total. The van der Waals surface area contributed by atoms with Crippen LogP contribution in [0.1, 0.15) is 92.6 Å². The molecule has 0 aliphatic rings. The number of nitrogens with one attached hydrogen (secondary N) is 1. The molecule has 0 unspecified atom stereocenters. The van der Waals surface area contributed by atoms with Gasteiger partial charge in [0.25, 0.3) is 5.91 Å². The first-order valence-electron chi connectivity index (χ1n) is 12.6. The van der Waals surface area contributed by atoms with Crippen molar-refractivity contribution in [1.29, 1.82) is 0 Å². The van der Waals surface area contributed by atoms with Crippen molar-refractivity contribution in [2.75, 3.05) is 13.7 Å². The number of amides is 1. The molecule has 0 heterocycles. The monoisotopic (exact) mass is 454 g/mol. The van der Waals surface area contributed by atoms with Gasteiger partial charge >= 0.3 is 0 Å². The zero-order valence-corrected chi connectivity index (χ0v) is 20.5. The van der Waals surface area contributed by atoms with E-state index >= 15 is 0 Å². The van der Waals surface area contributed by atoms with Crippen LogP contribution < -0.4 is 10.1 Å². The standard InChI is InChI=1S/C28H42N2O3/c1-3-4-5-6-7-8-9-10-11-12-20-29-28(31)26-15-13-14-25(21-26)23-30(32)22-24-16-18-27(33-2)19-17-24/h13-19,21,32H,3-12,20,22-23H2,1-2H3,(H,29,31). The molecule has 0 bridgehead atoms. The van der Waals surface area contributed by atoms with E-state index in [9.17, 15) is 10.0 Å². The van der Waals surface area contributed by atoms with Gasteiger partial charge in [0.05, 0.1) is 7.11 Å². The first kappa shape index (κ1) is 26.9. The zero-order chi connectivity index (χ0) is 23.7. The minimum absolute atomic E-state index is 0.0487. The number of nitrogens with zero attached hydrogens (tertiary/aromatic N) is 1. The SMILES string of the molecule is CCCCCCCCCCCCNC(=O)c1cccc(CN(O)Cc2ccc(OC)cc2)c1. The summed E-state index contributed by atoms with van der Waals surface area (Å²) >= 11 is 0. The third-order valence-corrected chi connectivity index (χ3v) is 5.89. The van der Waals surface area contributed by atoms with Gasteiger partial charge in [-0.05, 0) is 41.8 Å². The minimum atomic E-state index is -0.0487. The van der Waals surface area contributed by atoms with E-state index in [1.807, 2.05) is 48.5 Å². The average molecular weight is 455 g/mol. The summed E-state index contributed by atoms with van der Waals surface area (Å²) in [4.78, 5) is 12.5. The van der Waals surface area contributed by atoms with E-state index in [0.29, 0.717) is 25.2 Å². The van der Waals surface area contributed by atoms with E-state index in [-0.39, 0.29) is 5.91 Å². The molecule has 0 saturated heterocycles. The number of carbonyl (C=O) groups excluding carboxylic acids is 1. The van der Waals surface area contributed by atoms with Crippen LogP contribution in [0.3, 0.4) is 0 Å². The van der Waals surface area contributed by atoms with Gasteiger partial charge in [-0.2, -0.15) is 5.06 Å². The van der Waals surface area contributed by atoms with E-state index in [1.54, 1.807) is 7.11 Å². The molecule has 0 atom stereocenters. The topological polar surface area (TPSA) is 61.8 Å². The number of hydrogen-bond acceptors (Lipinski definition) is 4. The smallest absolute Gasteiger partial charge is 0.251 e. The summed E-state index contributed by atoms with van der Waals surface area (Å²) in [5.74, 6) is 0.743. The Morgan fingerprint density at radius 3 is 2.09 bits per heavy atom. The maximum Gasteiger partial charge on any atom is 0.251 e. The summed E-state index contributed by atoms with van der Waals surface area (Å²) in [6, 6.07) is 15.1. The highest BCUT2D eigenvalue weighted by molar-refractivity contribution is 5.94. The van der Waals surface area contributed by atoms with Gasteiger partial charge in [0.15, 0.2) is 0 Å². The van der Waals surface area contributed by atoms with Crippen LogP contribution in [0, 0.1) is 0 Å². The van der Waals surface area contributed by atoms with Gasteiger partial charge in [-0.3, -0.25) is 4.79 Å². The fourth-order valence-electron chi connectivity index (χ4n) is 3.94. The Balaban J connectivity index is 1.63. The van der Waals surface area contributed by atoms with E-state index in [2.05, 4.69) is 12.2 Å². The molecule has 2 rings (SSSR count). The third-order valence-electron chi connectivity index (χ3n) is 5.89. The van der Waals surface area contributed by atoms with Crippen molar-refractivity contribution in [3.05, 3.63) is 65.2 Å². The molecule has 0 aliphatic heterocycles. The van der Waals surface area contributed by atoms with Crippen molar-refractivity contribution in [2.24, 2.45) is 0 Å². The van der Waals surface area contributed by atoms with Crippen molar-refractivity contribution < 1.29 is 14.7 Å². The molecule has 0 aliphatic carbocycles. The molecule has 33 heavy (non-hydrogen) atoms. The maximum absolute atomic E-state index is 12.5. The van der Waals surface area contributed by atoms with E-state index in [4.69, 9.17) is 4.74 Å². The molecule has 0 fully saturated rings. The first-order valence-corrected chi connectivity index (χ1v) is 12.6. The molecule has 0 saturated carbocycles. The number of carbonyl (C=O) groups is 1. The lowest BCUT2D eigenvalue weighted by atomic mass is 10.1. The first-order chi connectivity index (χ1) is 16.1. The second kappa shape index (κ2) is 16.3. The summed E-state index contributed by atoms with van der Waals surface area (Å²) in [5.41, 5.74) is 2.53. The van der Waals surface area contributed by atoms with Crippen LogP contribution in [0.5, 0.6) is 5.75 Å². The molecule has 1 amide bonds. The number of hydrogen-bond donors (Lipinski definition) is 2. The van der Waals surface area contributed by atoms with Crippen LogP contribution in [0.15, 0.2) is 48.5 Å². The van der Waals surface area contributed by atoms with Crippen molar-refractivity contribution in [3.63, 3.8) is 0 Å². The van der Waals surface area contributed by atoms with E-state index < -0.39 is 0 Å². The van der Waals surface area contributed by atoms with Crippen LogP contribution in [0.2, 0.25) is 0 Å². The molecule has 2 aromatic carbocycles. The second-order valence-electron chi connectivity index (χ2n) is 8.81. The van der Waals surface area contributed by atoms with Crippen LogP contribution in [-0.2, 0) is 13.1 Å². The molecular weight excluding hydrogens is 412 g/mol. The van der Waals surface area contributed by atoms with Gasteiger partial charge in [0.1, 0.15) is 5.75 Å². The zero-order valence-electron chi connectivity index (χ0n) is 20.5. The highest BCUT2D eigenvalue weighted by Crippen LogP contribution is 2.15. The molecule has 0 radical (unpaired) electrons. The number of methoxy groups -OCH3 is 1. The van der Waals surface area contributed by atoms with Crippen LogP contribution in [0.4, 0.5) is 0 Å². The van der Waals surface area contributed by atoms with Crippen molar-refractivity contribution >= 4 is 5.91 Å². The largest absolute Gasteiger partial charge is 0.497 e. The average Bonchev–Trinajstić information content (AvgIpc) is 2.83. The highest BCUT2D eigenvalue weighted by atomic mass is 16.5. The second-order valence-corrected chi connectivity index (χ2v) is 8.81. The maximum atomic E-state index is 12.5. The number of unbranched alkanes of at least 4 members (excludes halogenated alkanes) is 9. The number of ether oxygens (including phenoxy) is 1. The van der Waals surface area contributed by atoms with Gasteiger partial charge in [-0.15, -0.1) is 0 Å². The molecule has 0 spiro atoms. The number of hydroxylamine groups is 2. The molecule has 5 heteroatoms. The minimum Gasteiger partial charge on any atom is -0.497 e. The Morgan fingerprint density at radius 1 is 0.848 bits per heavy atom. The molecule has 182 valence electrons. The van der Waals surface area contributed by atoms with Gasteiger partial charge in [0.2, 0.25) is 0 Å². The Bertz CT molecular complexity index is 792. The van der Waals surface area contributed by atoms with Crippen LogP contribution in [0.25, 0.3) is 0 Å². The van der Waals surface area contributed by atoms with Gasteiger partial charge < -0.3 is 15.3 Å². The van der Waals surface area contributed by atoms with E-state index in [0.717, 1.165) is 23.3 Å². The van der Waals surface area contributed by atoms with Crippen molar-refractivity contribution in [1.82, 2.24) is 10.4 Å². The fraction of sp³-hybridized carbons (Fsp3) is 0.536. The normalized spacial score (nSPS) is 11.0. The van der Waals surface area contributed by atoms with E-state index in [1.165, 1.54) is 62.9 Å².